The molecule has 1 aliphatic rings. The summed E-state index contributed by atoms with van der Waals surface area (Å²) in [4.78, 5) is 37.7. The van der Waals surface area contributed by atoms with E-state index in [1.165, 1.54) is 11.8 Å². The number of halogens is 2. The Morgan fingerprint density at radius 2 is 1.89 bits per heavy atom. The molecule has 1 atom stereocenters. The smallest absolute Gasteiger partial charge is 0.329 e. The number of carboxylic acids is 1. The van der Waals surface area contributed by atoms with E-state index in [4.69, 9.17) is 0 Å². The molecule has 1 saturated heterocycles. The number of amides is 2. The quantitative estimate of drug-likeness (QED) is 0.792. The van der Waals surface area contributed by atoms with Crippen molar-refractivity contribution in [3.63, 3.8) is 0 Å². The first-order valence-electron chi connectivity index (χ1n) is 8.97. The zero-order chi connectivity index (χ0) is 20.2. The average Bonchev–Trinajstić information content (AvgIpc) is 2.61. The molecule has 0 saturated carbocycles. The van der Waals surface area contributed by atoms with Crippen LogP contribution in [0.25, 0.3) is 0 Å². The van der Waals surface area contributed by atoms with Crippen molar-refractivity contribution in [3.05, 3.63) is 35.4 Å². The van der Waals surface area contributed by atoms with Gasteiger partial charge in [0.1, 0.15) is 17.2 Å². The van der Waals surface area contributed by atoms with Gasteiger partial charge < -0.3 is 15.3 Å². The van der Waals surface area contributed by atoms with Gasteiger partial charge in [-0.25, -0.2) is 13.6 Å². The van der Waals surface area contributed by atoms with E-state index in [0.717, 1.165) is 12.1 Å². The molecule has 1 unspecified atom stereocenters. The van der Waals surface area contributed by atoms with Gasteiger partial charge in [0.15, 0.2) is 0 Å². The second-order valence-corrected chi connectivity index (χ2v) is 7.07. The van der Waals surface area contributed by atoms with Crippen LogP contribution in [0.15, 0.2) is 18.2 Å². The molecule has 0 radical (unpaired) electrons. The highest BCUT2D eigenvalue weighted by molar-refractivity contribution is 5.94. The summed E-state index contributed by atoms with van der Waals surface area (Å²) in [5.41, 5.74) is -1.53. The van der Waals surface area contributed by atoms with Crippen molar-refractivity contribution in [2.45, 2.75) is 45.1 Å². The van der Waals surface area contributed by atoms with Crippen molar-refractivity contribution in [2.24, 2.45) is 5.92 Å². The monoisotopic (exact) mass is 382 g/mol. The van der Waals surface area contributed by atoms with Gasteiger partial charge in [-0.2, -0.15) is 0 Å². The van der Waals surface area contributed by atoms with Crippen LogP contribution in [0.5, 0.6) is 0 Å². The van der Waals surface area contributed by atoms with E-state index in [1.54, 1.807) is 0 Å². The van der Waals surface area contributed by atoms with Crippen LogP contribution in [0, 0.1) is 17.6 Å². The third-order valence-electron chi connectivity index (χ3n) is 4.94. The third-order valence-corrected chi connectivity index (χ3v) is 4.94. The van der Waals surface area contributed by atoms with E-state index in [-0.39, 0.29) is 24.6 Å². The summed E-state index contributed by atoms with van der Waals surface area (Å²) in [5, 5.41) is 12.0. The SMILES string of the molecule is CCCC(C)(NC(=O)C1CCN(C(=O)c2ccc(F)cc2F)CC1)C(=O)O. The Bertz CT molecular complexity index is 732. The molecule has 8 heteroatoms. The summed E-state index contributed by atoms with van der Waals surface area (Å²) < 4.78 is 26.8. The molecule has 1 aromatic rings. The summed E-state index contributed by atoms with van der Waals surface area (Å²) in [5.74, 6) is -4.08. The largest absolute Gasteiger partial charge is 0.480 e. The molecule has 0 bridgehead atoms. The minimum atomic E-state index is -1.32. The lowest BCUT2D eigenvalue weighted by Gasteiger charge is -2.34. The Labute approximate surface area is 156 Å². The van der Waals surface area contributed by atoms with Crippen LogP contribution in [0.2, 0.25) is 0 Å². The molecule has 0 aromatic heterocycles. The Balaban J connectivity index is 1.97. The number of piperidine rings is 1. The van der Waals surface area contributed by atoms with E-state index < -0.39 is 35.0 Å². The number of nitrogens with one attached hydrogen (secondary N) is 1. The maximum atomic E-state index is 13.8. The number of hydrogen-bond donors (Lipinski definition) is 2. The fourth-order valence-corrected chi connectivity index (χ4v) is 3.27. The van der Waals surface area contributed by atoms with Crippen LogP contribution in [0.1, 0.15) is 49.9 Å². The van der Waals surface area contributed by atoms with E-state index in [1.807, 2.05) is 6.92 Å². The number of benzene rings is 1. The van der Waals surface area contributed by atoms with Crippen molar-refractivity contribution < 1.29 is 28.3 Å². The lowest BCUT2D eigenvalue weighted by atomic mass is 9.91. The highest BCUT2D eigenvalue weighted by Crippen LogP contribution is 2.22. The normalized spacial score (nSPS) is 17.3. The van der Waals surface area contributed by atoms with Crippen molar-refractivity contribution in [3.8, 4) is 0 Å². The second-order valence-electron chi connectivity index (χ2n) is 7.07. The molecule has 2 amide bonds. The van der Waals surface area contributed by atoms with Gasteiger partial charge in [-0.1, -0.05) is 13.3 Å². The minimum absolute atomic E-state index is 0.208. The number of hydrogen-bond acceptors (Lipinski definition) is 3. The van der Waals surface area contributed by atoms with Crippen LogP contribution in [0.4, 0.5) is 8.78 Å². The van der Waals surface area contributed by atoms with E-state index in [0.29, 0.717) is 31.7 Å². The number of likely N-dealkylation sites (tertiary alicyclic amines) is 1. The molecule has 2 rings (SSSR count). The Kier molecular flexibility index (Phi) is 6.51. The molecule has 0 spiro atoms. The van der Waals surface area contributed by atoms with Gasteiger partial charge in [0, 0.05) is 25.1 Å². The maximum absolute atomic E-state index is 13.8. The molecular weight excluding hydrogens is 358 g/mol. The standard InChI is InChI=1S/C19H24F2N2O4/c1-3-8-19(2,18(26)27)22-16(24)12-6-9-23(10-7-12)17(25)14-5-4-13(20)11-15(14)21/h4-5,11-12H,3,6-10H2,1-2H3,(H,22,24)(H,26,27). The lowest BCUT2D eigenvalue weighted by molar-refractivity contribution is -0.148. The first-order valence-corrected chi connectivity index (χ1v) is 8.97. The van der Waals surface area contributed by atoms with E-state index in [2.05, 4.69) is 5.32 Å². The molecule has 1 fully saturated rings. The molecule has 1 aliphatic heterocycles. The summed E-state index contributed by atoms with van der Waals surface area (Å²) >= 11 is 0. The highest BCUT2D eigenvalue weighted by atomic mass is 19.1. The molecule has 27 heavy (non-hydrogen) atoms. The molecule has 0 aliphatic carbocycles. The van der Waals surface area contributed by atoms with Crippen molar-refractivity contribution in [1.29, 1.82) is 0 Å². The molecule has 148 valence electrons. The predicted octanol–water partition coefficient (Wildman–Crippen LogP) is 2.58. The van der Waals surface area contributed by atoms with Gasteiger partial charge in [-0.15, -0.1) is 0 Å². The van der Waals surface area contributed by atoms with E-state index in [9.17, 15) is 28.3 Å². The summed E-state index contributed by atoms with van der Waals surface area (Å²) in [6.07, 6.45) is 1.62. The fourth-order valence-electron chi connectivity index (χ4n) is 3.27. The number of carbonyl (C=O) groups is 3. The van der Waals surface area contributed by atoms with Gasteiger partial charge in [0.25, 0.3) is 5.91 Å². The van der Waals surface area contributed by atoms with Gasteiger partial charge in [-0.3, -0.25) is 9.59 Å². The number of nitrogens with zero attached hydrogens (tertiary/aromatic N) is 1. The number of rotatable bonds is 6. The van der Waals surface area contributed by atoms with Crippen LogP contribution >= 0.6 is 0 Å². The van der Waals surface area contributed by atoms with Crippen LogP contribution in [0.3, 0.4) is 0 Å². The first kappa shape index (κ1) is 20.8. The molecule has 6 nitrogen and oxygen atoms in total. The van der Waals surface area contributed by atoms with Crippen LogP contribution in [-0.4, -0.2) is 46.4 Å². The first-order chi connectivity index (χ1) is 12.7. The van der Waals surface area contributed by atoms with Crippen LogP contribution in [-0.2, 0) is 9.59 Å². The number of carboxylic acid groups (broad SMARTS) is 1. The summed E-state index contributed by atoms with van der Waals surface area (Å²) in [6, 6.07) is 2.79. The molecule has 1 aromatic carbocycles. The predicted molar refractivity (Wildman–Crippen MR) is 94.1 cm³/mol. The van der Waals surface area contributed by atoms with Gasteiger partial charge in [0.2, 0.25) is 5.91 Å². The minimum Gasteiger partial charge on any atom is -0.480 e. The van der Waals surface area contributed by atoms with Gasteiger partial charge >= 0.3 is 5.97 Å². The lowest BCUT2D eigenvalue weighted by Crippen LogP contribution is -2.55. The zero-order valence-corrected chi connectivity index (χ0v) is 15.4. The van der Waals surface area contributed by atoms with Crippen molar-refractivity contribution in [2.75, 3.05) is 13.1 Å². The molecule has 1 heterocycles. The third kappa shape index (κ3) is 4.81. The molecular formula is C19H24F2N2O4. The summed E-state index contributed by atoms with van der Waals surface area (Å²) in [6.45, 7) is 3.80. The Morgan fingerprint density at radius 3 is 2.41 bits per heavy atom. The maximum Gasteiger partial charge on any atom is 0.329 e. The Hall–Kier alpha value is -2.51. The summed E-state index contributed by atoms with van der Waals surface area (Å²) in [7, 11) is 0. The number of carbonyl (C=O) groups excluding carboxylic acids is 2. The molecule has 2 N–H and O–H groups in total. The highest BCUT2D eigenvalue weighted by Gasteiger charge is 2.37. The van der Waals surface area contributed by atoms with E-state index >= 15 is 0 Å². The van der Waals surface area contributed by atoms with Crippen molar-refractivity contribution in [1.82, 2.24) is 10.2 Å². The van der Waals surface area contributed by atoms with Gasteiger partial charge in [-0.05, 0) is 38.3 Å². The zero-order valence-electron chi connectivity index (χ0n) is 15.4. The number of aliphatic carboxylic acids is 1. The van der Waals surface area contributed by atoms with Crippen molar-refractivity contribution >= 4 is 17.8 Å². The topological polar surface area (TPSA) is 86.7 Å². The van der Waals surface area contributed by atoms with Gasteiger partial charge in [0.05, 0.1) is 5.56 Å². The second kappa shape index (κ2) is 8.45. The fraction of sp³-hybridized carbons (Fsp3) is 0.526. The average molecular weight is 382 g/mol. The Morgan fingerprint density at radius 1 is 1.26 bits per heavy atom. The van der Waals surface area contributed by atoms with Crippen LogP contribution < -0.4 is 5.32 Å².